The van der Waals surface area contributed by atoms with Crippen molar-refractivity contribution in [3.63, 3.8) is 0 Å². The summed E-state index contributed by atoms with van der Waals surface area (Å²) in [6, 6.07) is 0. The maximum absolute atomic E-state index is 12.4. The highest BCUT2D eigenvalue weighted by molar-refractivity contribution is 5.68. The van der Waals surface area contributed by atoms with Gasteiger partial charge in [0.2, 0.25) is 5.88 Å². The molecule has 1 N–H and O–H groups in total. The first-order valence-corrected chi connectivity index (χ1v) is 9.02. The molecule has 0 bridgehead atoms. The zero-order chi connectivity index (χ0) is 17.7. The van der Waals surface area contributed by atoms with Crippen LogP contribution in [0.1, 0.15) is 44.9 Å². The SMILES string of the molecule is CC(C)(C)OC(=O)N1CCc2ncnc(OC3CC4(CNC4)C3)c2C1. The molecule has 1 saturated carbocycles. The van der Waals surface area contributed by atoms with Gasteiger partial charge in [0.15, 0.2) is 0 Å². The lowest BCUT2D eigenvalue weighted by Gasteiger charge is -2.53. The number of rotatable bonds is 2. The topological polar surface area (TPSA) is 76.6 Å². The molecule has 0 aromatic carbocycles. The van der Waals surface area contributed by atoms with E-state index < -0.39 is 5.60 Å². The van der Waals surface area contributed by atoms with Gasteiger partial charge in [-0.3, -0.25) is 0 Å². The highest BCUT2D eigenvalue weighted by Crippen LogP contribution is 2.46. The van der Waals surface area contributed by atoms with Crippen LogP contribution in [-0.2, 0) is 17.7 Å². The second-order valence-corrected chi connectivity index (χ2v) is 8.51. The van der Waals surface area contributed by atoms with E-state index in [0.717, 1.165) is 37.2 Å². The maximum Gasteiger partial charge on any atom is 0.410 e. The number of aromatic nitrogens is 2. The summed E-state index contributed by atoms with van der Waals surface area (Å²) in [7, 11) is 0. The zero-order valence-corrected chi connectivity index (χ0v) is 15.2. The molecule has 0 radical (unpaired) electrons. The molecule has 1 aliphatic carbocycles. The third kappa shape index (κ3) is 3.29. The fourth-order valence-electron chi connectivity index (χ4n) is 3.81. The van der Waals surface area contributed by atoms with Gasteiger partial charge in [-0.1, -0.05) is 0 Å². The van der Waals surface area contributed by atoms with Gasteiger partial charge in [0, 0.05) is 31.5 Å². The lowest BCUT2D eigenvalue weighted by atomic mass is 9.63. The number of hydrogen-bond donors (Lipinski definition) is 1. The fourth-order valence-corrected chi connectivity index (χ4v) is 3.81. The van der Waals surface area contributed by atoms with Crippen LogP contribution in [0.5, 0.6) is 5.88 Å². The predicted octanol–water partition coefficient (Wildman–Crippen LogP) is 1.90. The van der Waals surface area contributed by atoms with Gasteiger partial charge in [-0.05, 0) is 33.6 Å². The van der Waals surface area contributed by atoms with E-state index in [1.165, 1.54) is 0 Å². The number of nitrogens with zero attached hydrogens (tertiary/aromatic N) is 3. The smallest absolute Gasteiger partial charge is 0.410 e. The minimum Gasteiger partial charge on any atom is -0.474 e. The largest absolute Gasteiger partial charge is 0.474 e. The minimum absolute atomic E-state index is 0.220. The Morgan fingerprint density at radius 1 is 1.32 bits per heavy atom. The van der Waals surface area contributed by atoms with Crippen molar-refractivity contribution in [2.45, 2.75) is 58.3 Å². The van der Waals surface area contributed by atoms with Crippen LogP contribution >= 0.6 is 0 Å². The summed E-state index contributed by atoms with van der Waals surface area (Å²) >= 11 is 0. The first kappa shape index (κ1) is 16.6. The Morgan fingerprint density at radius 2 is 2.08 bits per heavy atom. The third-order valence-corrected chi connectivity index (χ3v) is 5.21. The molecule has 4 rings (SSSR count). The van der Waals surface area contributed by atoms with Gasteiger partial charge in [-0.25, -0.2) is 14.8 Å². The van der Waals surface area contributed by atoms with E-state index in [2.05, 4.69) is 15.3 Å². The minimum atomic E-state index is -0.499. The molecule has 7 heteroatoms. The lowest BCUT2D eigenvalue weighted by molar-refractivity contribution is -0.0521. The molecule has 2 aliphatic heterocycles. The molecule has 0 unspecified atom stereocenters. The van der Waals surface area contributed by atoms with E-state index in [-0.39, 0.29) is 12.2 Å². The van der Waals surface area contributed by atoms with Crippen molar-refractivity contribution in [3.05, 3.63) is 17.6 Å². The van der Waals surface area contributed by atoms with Gasteiger partial charge in [-0.15, -0.1) is 0 Å². The highest BCUT2D eigenvalue weighted by Gasteiger charge is 2.50. The van der Waals surface area contributed by atoms with E-state index in [1.807, 2.05) is 20.8 Å². The zero-order valence-electron chi connectivity index (χ0n) is 15.2. The number of ether oxygens (including phenoxy) is 2. The Labute approximate surface area is 148 Å². The highest BCUT2D eigenvalue weighted by atomic mass is 16.6. The van der Waals surface area contributed by atoms with Crippen LogP contribution in [0, 0.1) is 5.41 Å². The number of hydrogen-bond acceptors (Lipinski definition) is 6. The molecule has 1 saturated heterocycles. The molecule has 2 fully saturated rings. The summed E-state index contributed by atoms with van der Waals surface area (Å²) in [6.07, 6.45) is 4.35. The Hall–Kier alpha value is -1.89. The normalized spacial score (nSPS) is 22.0. The Kier molecular flexibility index (Phi) is 3.86. The van der Waals surface area contributed by atoms with Gasteiger partial charge < -0.3 is 19.7 Å². The van der Waals surface area contributed by atoms with Crippen LogP contribution in [0.4, 0.5) is 4.79 Å². The van der Waals surface area contributed by atoms with E-state index in [1.54, 1.807) is 11.2 Å². The van der Waals surface area contributed by atoms with Crippen LogP contribution in [0.25, 0.3) is 0 Å². The van der Waals surface area contributed by atoms with Crippen molar-refractivity contribution in [2.24, 2.45) is 5.41 Å². The summed E-state index contributed by atoms with van der Waals surface area (Å²) in [4.78, 5) is 22.8. The van der Waals surface area contributed by atoms with Gasteiger partial charge >= 0.3 is 6.09 Å². The van der Waals surface area contributed by atoms with Gasteiger partial charge in [0.1, 0.15) is 18.0 Å². The fraction of sp³-hybridized carbons (Fsp3) is 0.722. The average Bonchev–Trinajstić information content (AvgIpc) is 2.46. The number of carbonyl (C=O) groups is 1. The summed E-state index contributed by atoms with van der Waals surface area (Å²) in [5, 5.41) is 3.34. The van der Waals surface area contributed by atoms with E-state index in [0.29, 0.717) is 30.8 Å². The molecule has 7 nitrogen and oxygen atoms in total. The lowest BCUT2D eigenvalue weighted by Crippen LogP contribution is -2.63. The van der Waals surface area contributed by atoms with Gasteiger partial charge in [0.05, 0.1) is 17.8 Å². The molecular formula is C18H26N4O3. The molecule has 3 heterocycles. The van der Waals surface area contributed by atoms with Crippen LogP contribution in [0.2, 0.25) is 0 Å². The average molecular weight is 346 g/mol. The second kappa shape index (κ2) is 5.83. The summed E-state index contributed by atoms with van der Waals surface area (Å²) < 4.78 is 11.6. The molecule has 25 heavy (non-hydrogen) atoms. The van der Waals surface area contributed by atoms with Crippen LogP contribution in [0.3, 0.4) is 0 Å². The van der Waals surface area contributed by atoms with E-state index in [9.17, 15) is 4.79 Å². The monoisotopic (exact) mass is 346 g/mol. The molecule has 1 aromatic rings. The standard InChI is InChI=1S/C18H26N4O3/c1-17(2,3)25-16(23)22-5-4-14-13(8-22)15(21-11-20-14)24-12-6-18(7-12)9-19-10-18/h11-12,19H,4-10H2,1-3H3. The number of nitrogens with one attached hydrogen (secondary N) is 1. The van der Waals surface area contributed by atoms with Crippen molar-refractivity contribution < 1.29 is 14.3 Å². The van der Waals surface area contributed by atoms with Gasteiger partial charge in [-0.2, -0.15) is 0 Å². The first-order chi connectivity index (χ1) is 11.8. The van der Waals surface area contributed by atoms with Crippen LogP contribution in [-0.4, -0.2) is 52.3 Å². The Morgan fingerprint density at radius 3 is 2.72 bits per heavy atom. The van der Waals surface area contributed by atoms with Crippen molar-refractivity contribution in [1.29, 1.82) is 0 Å². The molecule has 1 amide bonds. The van der Waals surface area contributed by atoms with E-state index >= 15 is 0 Å². The maximum atomic E-state index is 12.4. The number of fused-ring (bicyclic) bond motifs is 1. The Balaban J connectivity index is 1.44. The molecule has 1 aromatic heterocycles. The van der Waals surface area contributed by atoms with Crippen LogP contribution in [0.15, 0.2) is 6.33 Å². The molecule has 0 atom stereocenters. The van der Waals surface area contributed by atoms with Crippen molar-refractivity contribution in [1.82, 2.24) is 20.2 Å². The van der Waals surface area contributed by atoms with Crippen molar-refractivity contribution in [3.8, 4) is 5.88 Å². The van der Waals surface area contributed by atoms with Crippen molar-refractivity contribution >= 4 is 6.09 Å². The summed E-state index contributed by atoms with van der Waals surface area (Å²) in [6.45, 7) is 8.88. The molecule has 1 spiro atoms. The summed E-state index contributed by atoms with van der Waals surface area (Å²) in [5.74, 6) is 0.630. The summed E-state index contributed by atoms with van der Waals surface area (Å²) in [5.41, 5.74) is 1.86. The molecular weight excluding hydrogens is 320 g/mol. The van der Waals surface area contributed by atoms with Crippen LogP contribution < -0.4 is 10.1 Å². The number of amides is 1. The molecule has 3 aliphatic rings. The quantitative estimate of drug-likeness (QED) is 0.881. The van der Waals surface area contributed by atoms with E-state index in [4.69, 9.17) is 9.47 Å². The predicted molar refractivity (Wildman–Crippen MR) is 91.3 cm³/mol. The van der Waals surface area contributed by atoms with Gasteiger partial charge in [0.25, 0.3) is 0 Å². The first-order valence-electron chi connectivity index (χ1n) is 9.02. The second-order valence-electron chi connectivity index (χ2n) is 8.51. The number of carbonyl (C=O) groups excluding carboxylic acids is 1. The third-order valence-electron chi connectivity index (χ3n) is 5.21. The Bertz CT molecular complexity index is 673. The van der Waals surface area contributed by atoms with Crippen molar-refractivity contribution in [2.75, 3.05) is 19.6 Å². The molecule has 136 valence electrons.